The summed E-state index contributed by atoms with van der Waals surface area (Å²) in [5.74, 6) is -0.703. The van der Waals surface area contributed by atoms with E-state index in [1.54, 1.807) is 4.90 Å². The first kappa shape index (κ1) is 14.9. The zero-order chi connectivity index (χ0) is 12.7. The Morgan fingerprint density at radius 2 is 1.81 bits per heavy atom. The third-order valence-electron chi connectivity index (χ3n) is 2.07. The molecular formula is C11H23N3O2. The molecule has 16 heavy (non-hydrogen) atoms. The lowest BCUT2D eigenvalue weighted by Gasteiger charge is -2.27. The van der Waals surface area contributed by atoms with Crippen molar-refractivity contribution in [3.63, 3.8) is 0 Å². The summed E-state index contributed by atoms with van der Waals surface area (Å²) in [6.07, 6.45) is 0. The van der Waals surface area contributed by atoms with Gasteiger partial charge in [0.25, 0.3) is 0 Å². The van der Waals surface area contributed by atoms with Gasteiger partial charge in [0.05, 0.1) is 0 Å². The fourth-order valence-corrected chi connectivity index (χ4v) is 1.31. The maximum Gasteiger partial charge on any atom is 0.312 e. The predicted molar refractivity (Wildman–Crippen MR) is 63.8 cm³/mol. The molecular weight excluding hydrogens is 206 g/mol. The lowest BCUT2D eigenvalue weighted by Crippen LogP contribution is -2.48. The minimum absolute atomic E-state index is 0.0264. The number of hydrogen-bond acceptors (Lipinski definition) is 3. The molecule has 0 spiro atoms. The van der Waals surface area contributed by atoms with E-state index >= 15 is 0 Å². The highest BCUT2D eigenvalue weighted by Crippen LogP contribution is 2.04. The highest BCUT2D eigenvalue weighted by Gasteiger charge is 2.24. The summed E-state index contributed by atoms with van der Waals surface area (Å²) in [4.78, 5) is 24.9. The van der Waals surface area contributed by atoms with Gasteiger partial charge in [-0.05, 0) is 19.8 Å². The average Bonchev–Trinajstić information content (AvgIpc) is 2.20. The molecule has 0 heterocycles. The molecule has 0 saturated carbocycles. The molecule has 0 radical (unpaired) electrons. The molecule has 0 aromatic heterocycles. The van der Waals surface area contributed by atoms with Gasteiger partial charge in [-0.25, -0.2) is 0 Å². The van der Waals surface area contributed by atoms with Gasteiger partial charge in [-0.1, -0.05) is 13.8 Å². The van der Waals surface area contributed by atoms with Gasteiger partial charge in [-0.2, -0.15) is 0 Å². The van der Waals surface area contributed by atoms with Gasteiger partial charge < -0.3 is 16.0 Å². The van der Waals surface area contributed by atoms with Crippen molar-refractivity contribution >= 4 is 11.8 Å². The Hall–Kier alpha value is -1.10. The zero-order valence-corrected chi connectivity index (χ0v) is 10.6. The van der Waals surface area contributed by atoms with Gasteiger partial charge in [0.1, 0.15) is 0 Å². The molecule has 5 heteroatoms. The van der Waals surface area contributed by atoms with E-state index in [9.17, 15) is 9.59 Å². The van der Waals surface area contributed by atoms with Crippen LogP contribution in [0.2, 0.25) is 0 Å². The van der Waals surface area contributed by atoms with Crippen molar-refractivity contribution < 1.29 is 9.59 Å². The van der Waals surface area contributed by atoms with Crippen molar-refractivity contribution in [3.05, 3.63) is 0 Å². The summed E-state index contributed by atoms with van der Waals surface area (Å²) in [5, 5.41) is 2.49. The molecule has 0 aromatic carbocycles. The molecule has 94 valence electrons. The third-order valence-corrected chi connectivity index (χ3v) is 2.07. The quantitative estimate of drug-likeness (QED) is 0.649. The van der Waals surface area contributed by atoms with Crippen molar-refractivity contribution in [2.75, 3.05) is 19.6 Å². The number of rotatable bonds is 5. The zero-order valence-electron chi connectivity index (χ0n) is 10.6. The first-order valence-corrected chi connectivity index (χ1v) is 5.69. The van der Waals surface area contributed by atoms with Crippen LogP contribution >= 0.6 is 0 Å². The van der Waals surface area contributed by atoms with Crippen molar-refractivity contribution in [1.82, 2.24) is 10.2 Å². The second-order valence-corrected chi connectivity index (χ2v) is 4.49. The van der Waals surface area contributed by atoms with E-state index in [4.69, 9.17) is 5.73 Å². The van der Waals surface area contributed by atoms with Crippen LogP contribution < -0.4 is 11.1 Å². The molecule has 0 bridgehead atoms. The van der Waals surface area contributed by atoms with Crippen LogP contribution in [-0.2, 0) is 9.59 Å². The van der Waals surface area contributed by atoms with E-state index in [-0.39, 0.29) is 6.04 Å². The molecule has 0 aliphatic rings. The lowest BCUT2D eigenvalue weighted by atomic mass is 10.1. The lowest BCUT2D eigenvalue weighted by molar-refractivity contribution is -0.147. The summed E-state index contributed by atoms with van der Waals surface area (Å²) in [7, 11) is 0. The summed E-state index contributed by atoms with van der Waals surface area (Å²) in [5.41, 5.74) is 5.25. The van der Waals surface area contributed by atoms with Crippen LogP contribution in [0.3, 0.4) is 0 Å². The normalized spacial score (nSPS) is 10.7. The number of nitrogens with two attached hydrogens (primary N) is 1. The van der Waals surface area contributed by atoms with Gasteiger partial charge >= 0.3 is 11.8 Å². The second kappa shape index (κ2) is 7.22. The van der Waals surface area contributed by atoms with E-state index in [0.717, 1.165) is 0 Å². The monoisotopic (exact) mass is 229 g/mol. The molecule has 0 aliphatic heterocycles. The van der Waals surface area contributed by atoms with E-state index < -0.39 is 11.8 Å². The number of amides is 2. The van der Waals surface area contributed by atoms with E-state index in [1.807, 2.05) is 27.7 Å². The molecule has 0 aromatic rings. The highest BCUT2D eigenvalue weighted by atomic mass is 16.2. The Kier molecular flexibility index (Phi) is 6.72. The third kappa shape index (κ3) is 5.11. The Morgan fingerprint density at radius 1 is 1.25 bits per heavy atom. The van der Waals surface area contributed by atoms with Crippen LogP contribution in [0.1, 0.15) is 27.7 Å². The molecule has 0 unspecified atom stereocenters. The summed E-state index contributed by atoms with van der Waals surface area (Å²) >= 11 is 0. The van der Waals surface area contributed by atoms with Gasteiger partial charge in [-0.3, -0.25) is 9.59 Å². The van der Waals surface area contributed by atoms with Crippen LogP contribution in [0.25, 0.3) is 0 Å². The van der Waals surface area contributed by atoms with Crippen molar-refractivity contribution in [1.29, 1.82) is 0 Å². The number of carbonyl (C=O) groups is 2. The minimum Gasteiger partial charge on any atom is -0.347 e. The largest absolute Gasteiger partial charge is 0.347 e. The van der Waals surface area contributed by atoms with Gasteiger partial charge in [-0.15, -0.1) is 0 Å². The first-order valence-electron chi connectivity index (χ1n) is 5.69. The van der Waals surface area contributed by atoms with Gasteiger partial charge in [0.2, 0.25) is 0 Å². The fourth-order valence-electron chi connectivity index (χ4n) is 1.31. The van der Waals surface area contributed by atoms with E-state index in [0.29, 0.717) is 25.6 Å². The minimum atomic E-state index is -0.570. The maximum absolute atomic E-state index is 11.8. The Balaban J connectivity index is 4.43. The van der Waals surface area contributed by atoms with Crippen molar-refractivity contribution in [2.24, 2.45) is 11.7 Å². The standard InChI is InChI=1S/C11H23N3O2/c1-8(2)7-14(9(3)4)11(16)10(15)13-6-5-12/h8-9H,5-7,12H2,1-4H3,(H,13,15). The number of carbonyl (C=O) groups excluding carboxylic acids is 2. The topological polar surface area (TPSA) is 75.4 Å². The Labute approximate surface area is 97.4 Å². The van der Waals surface area contributed by atoms with Gasteiger partial charge in [0, 0.05) is 25.7 Å². The summed E-state index contributed by atoms with van der Waals surface area (Å²) < 4.78 is 0. The average molecular weight is 229 g/mol. The van der Waals surface area contributed by atoms with E-state index in [2.05, 4.69) is 5.32 Å². The maximum atomic E-state index is 11.8. The van der Waals surface area contributed by atoms with E-state index in [1.165, 1.54) is 0 Å². The second-order valence-electron chi connectivity index (χ2n) is 4.49. The first-order chi connectivity index (χ1) is 7.40. The summed E-state index contributed by atoms with van der Waals surface area (Å²) in [6.45, 7) is 9.09. The number of hydrogen-bond donors (Lipinski definition) is 2. The fraction of sp³-hybridized carbons (Fsp3) is 0.818. The smallest absolute Gasteiger partial charge is 0.312 e. The Morgan fingerprint density at radius 3 is 2.19 bits per heavy atom. The molecule has 0 rings (SSSR count). The molecule has 0 saturated heterocycles. The number of nitrogens with zero attached hydrogens (tertiary/aromatic N) is 1. The molecule has 3 N–H and O–H groups in total. The van der Waals surface area contributed by atoms with Crippen LogP contribution in [-0.4, -0.2) is 42.4 Å². The number of nitrogens with one attached hydrogen (secondary N) is 1. The molecule has 0 aliphatic carbocycles. The Bertz CT molecular complexity index is 239. The molecule has 0 fully saturated rings. The van der Waals surface area contributed by atoms with Crippen LogP contribution in [0.4, 0.5) is 0 Å². The molecule has 5 nitrogen and oxygen atoms in total. The van der Waals surface area contributed by atoms with Crippen LogP contribution in [0.15, 0.2) is 0 Å². The van der Waals surface area contributed by atoms with Crippen LogP contribution in [0.5, 0.6) is 0 Å². The van der Waals surface area contributed by atoms with Crippen LogP contribution in [0, 0.1) is 5.92 Å². The highest BCUT2D eigenvalue weighted by molar-refractivity contribution is 6.35. The predicted octanol–water partition coefficient (Wildman–Crippen LogP) is -0.0457. The van der Waals surface area contributed by atoms with Crippen molar-refractivity contribution in [3.8, 4) is 0 Å². The summed E-state index contributed by atoms with van der Waals surface area (Å²) in [6, 6.07) is 0.0264. The van der Waals surface area contributed by atoms with Crippen molar-refractivity contribution in [2.45, 2.75) is 33.7 Å². The molecule has 2 amide bonds. The molecule has 0 atom stereocenters. The van der Waals surface area contributed by atoms with Gasteiger partial charge in [0.15, 0.2) is 0 Å². The SMILES string of the molecule is CC(C)CN(C(=O)C(=O)NCCN)C(C)C.